The van der Waals surface area contributed by atoms with E-state index in [-0.39, 0.29) is 22.9 Å². The van der Waals surface area contributed by atoms with Crippen LogP contribution in [-0.2, 0) is 21.4 Å². The van der Waals surface area contributed by atoms with Crippen molar-refractivity contribution in [3.05, 3.63) is 28.7 Å². The molecule has 0 N–H and O–H groups in total. The molecule has 8 heteroatoms. The summed E-state index contributed by atoms with van der Waals surface area (Å²) in [6.07, 6.45) is 7.05. The fourth-order valence-electron chi connectivity index (χ4n) is 3.43. The molecular formula is C17H25N3O4S. The number of nitrogens with zero attached hydrogens (tertiary/aromatic N) is 3. The second-order valence-electron chi connectivity index (χ2n) is 6.74. The van der Waals surface area contributed by atoms with Crippen molar-refractivity contribution in [1.29, 1.82) is 0 Å². The summed E-state index contributed by atoms with van der Waals surface area (Å²) in [6, 6.07) is 2.58. The van der Waals surface area contributed by atoms with E-state index in [9.17, 15) is 18.0 Å². The summed E-state index contributed by atoms with van der Waals surface area (Å²) in [7, 11) is -3.63. The van der Waals surface area contributed by atoms with Gasteiger partial charge < -0.3 is 9.47 Å². The third-order valence-electron chi connectivity index (χ3n) is 4.92. The van der Waals surface area contributed by atoms with Crippen molar-refractivity contribution in [2.24, 2.45) is 0 Å². The summed E-state index contributed by atoms with van der Waals surface area (Å²) in [5, 5.41) is 0. The van der Waals surface area contributed by atoms with Crippen molar-refractivity contribution < 1.29 is 13.2 Å². The lowest BCUT2D eigenvalue weighted by Gasteiger charge is -2.21. The predicted octanol–water partition coefficient (Wildman–Crippen LogP) is 1.04. The van der Waals surface area contributed by atoms with Crippen LogP contribution in [0.5, 0.6) is 0 Å². The maximum atomic E-state index is 12.9. The fraction of sp³-hybridized carbons (Fsp3) is 0.647. The number of sulfonamides is 1. The molecule has 0 radical (unpaired) electrons. The van der Waals surface area contributed by atoms with Gasteiger partial charge in [-0.05, 0) is 31.7 Å². The highest BCUT2D eigenvalue weighted by Gasteiger charge is 2.26. The van der Waals surface area contributed by atoms with Crippen LogP contribution in [0.2, 0.25) is 0 Å². The van der Waals surface area contributed by atoms with Gasteiger partial charge in [0.2, 0.25) is 15.9 Å². The molecule has 138 valence electrons. The molecule has 0 saturated carbocycles. The molecule has 25 heavy (non-hydrogen) atoms. The molecule has 1 aromatic rings. The normalized spacial score (nSPS) is 19.8. The standard InChI is InChI=1S/C17H25N3O4S/c21-16-8-7-15(25(23,24)20-11-3-1-2-4-12-20)13-19(16)14-17(22)18-9-5-6-10-18/h7-8,13H,1-6,9-12,14H2. The number of amides is 1. The van der Waals surface area contributed by atoms with Crippen molar-refractivity contribution in [2.75, 3.05) is 26.2 Å². The number of likely N-dealkylation sites (tertiary alicyclic amines) is 1. The van der Waals surface area contributed by atoms with E-state index in [2.05, 4.69) is 0 Å². The van der Waals surface area contributed by atoms with Crippen LogP contribution in [0.4, 0.5) is 0 Å². The molecule has 0 atom stereocenters. The van der Waals surface area contributed by atoms with Crippen molar-refractivity contribution in [3.8, 4) is 0 Å². The van der Waals surface area contributed by atoms with Gasteiger partial charge in [-0.2, -0.15) is 4.31 Å². The van der Waals surface area contributed by atoms with Gasteiger partial charge in [0.25, 0.3) is 5.56 Å². The minimum Gasteiger partial charge on any atom is -0.341 e. The van der Waals surface area contributed by atoms with Crippen LogP contribution < -0.4 is 5.56 Å². The summed E-state index contributed by atoms with van der Waals surface area (Å²) in [5.74, 6) is -0.135. The molecule has 1 aromatic heterocycles. The SMILES string of the molecule is O=C(Cn1cc(S(=O)(=O)N2CCCCCC2)ccc1=O)N1CCCC1. The van der Waals surface area contributed by atoms with Crippen LogP contribution in [0.1, 0.15) is 38.5 Å². The maximum Gasteiger partial charge on any atom is 0.251 e. The number of carbonyl (C=O) groups is 1. The Hall–Kier alpha value is -1.67. The first-order chi connectivity index (χ1) is 12.0. The molecule has 0 bridgehead atoms. The molecule has 7 nitrogen and oxygen atoms in total. The number of hydrogen-bond acceptors (Lipinski definition) is 4. The van der Waals surface area contributed by atoms with Crippen molar-refractivity contribution >= 4 is 15.9 Å². The second-order valence-corrected chi connectivity index (χ2v) is 8.68. The van der Waals surface area contributed by atoms with Crippen LogP contribution in [0.15, 0.2) is 28.0 Å². The Bertz CT molecular complexity index is 773. The number of rotatable bonds is 4. The average molecular weight is 367 g/mol. The zero-order valence-electron chi connectivity index (χ0n) is 14.4. The summed E-state index contributed by atoms with van der Waals surface area (Å²) in [5.41, 5.74) is -0.359. The highest BCUT2D eigenvalue weighted by molar-refractivity contribution is 7.89. The Kier molecular flexibility index (Phi) is 5.58. The van der Waals surface area contributed by atoms with E-state index in [0.717, 1.165) is 38.5 Å². The Morgan fingerprint density at radius 2 is 1.52 bits per heavy atom. The number of hydrogen-bond donors (Lipinski definition) is 0. The minimum atomic E-state index is -3.63. The van der Waals surface area contributed by atoms with E-state index in [1.807, 2.05) is 0 Å². The molecule has 3 rings (SSSR count). The van der Waals surface area contributed by atoms with Crippen LogP contribution in [0, 0.1) is 0 Å². The first-order valence-corrected chi connectivity index (χ1v) is 10.4. The molecule has 2 saturated heterocycles. The monoisotopic (exact) mass is 367 g/mol. The van der Waals surface area contributed by atoms with Crippen LogP contribution in [0.25, 0.3) is 0 Å². The third-order valence-corrected chi connectivity index (χ3v) is 6.81. The Morgan fingerprint density at radius 3 is 2.16 bits per heavy atom. The summed E-state index contributed by atoms with van der Waals surface area (Å²) in [4.78, 5) is 26.2. The third kappa shape index (κ3) is 4.12. The molecule has 0 unspecified atom stereocenters. The molecule has 0 aromatic carbocycles. The Balaban J connectivity index is 1.82. The fourth-order valence-corrected chi connectivity index (χ4v) is 4.97. The maximum absolute atomic E-state index is 12.9. The van der Waals surface area contributed by atoms with E-state index >= 15 is 0 Å². The summed E-state index contributed by atoms with van der Waals surface area (Å²) >= 11 is 0. The lowest BCUT2D eigenvalue weighted by atomic mass is 10.2. The quantitative estimate of drug-likeness (QED) is 0.796. The van der Waals surface area contributed by atoms with E-state index in [1.54, 1.807) is 4.90 Å². The molecular weight excluding hydrogens is 342 g/mol. The largest absolute Gasteiger partial charge is 0.341 e. The van der Waals surface area contributed by atoms with Gasteiger partial charge >= 0.3 is 0 Å². The van der Waals surface area contributed by atoms with Gasteiger partial charge in [0.05, 0.1) is 4.90 Å². The Labute approximate surface area is 148 Å². The van der Waals surface area contributed by atoms with Crippen LogP contribution in [0.3, 0.4) is 0 Å². The van der Waals surface area contributed by atoms with Crippen LogP contribution in [-0.4, -0.2) is 54.3 Å². The van der Waals surface area contributed by atoms with Gasteiger partial charge in [-0.3, -0.25) is 9.59 Å². The minimum absolute atomic E-state index is 0.0863. The second kappa shape index (κ2) is 7.70. The highest BCUT2D eigenvalue weighted by atomic mass is 32.2. The van der Waals surface area contributed by atoms with Gasteiger partial charge in [-0.1, -0.05) is 12.8 Å². The zero-order chi connectivity index (χ0) is 17.9. The lowest BCUT2D eigenvalue weighted by Crippen LogP contribution is -2.36. The highest BCUT2D eigenvalue weighted by Crippen LogP contribution is 2.19. The molecule has 0 spiro atoms. The molecule has 2 fully saturated rings. The first kappa shape index (κ1) is 18.1. The summed E-state index contributed by atoms with van der Waals surface area (Å²) in [6.45, 7) is 2.32. The number of carbonyl (C=O) groups excluding carboxylic acids is 1. The molecule has 3 heterocycles. The molecule has 2 aliphatic rings. The van der Waals surface area contributed by atoms with Gasteiger partial charge in [0.15, 0.2) is 0 Å². The first-order valence-electron chi connectivity index (χ1n) is 8.97. The smallest absolute Gasteiger partial charge is 0.251 e. The van der Waals surface area contributed by atoms with E-state index in [4.69, 9.17) is 0 Å². The van der Waals surface area contributed by atoms with Gasteiger partial charge in [-0.15, -0.1) is 0 Å². The number of aromatic nitrogens is 1. The van der Waals surface area contributed by atoms with Gasteiger partial charge in [-0.25, -0.2) is 8.42 Å². The molecule has 2 aliphatic heterocycles. The van der Waals surface area contributed by atoms with E-state index < -0.39 is 10.0 Å². The summed E-state index contributed by atoms with van der Waals surface area (Å²) < 4.78 is 28.4. The van der Waals surface area contributed by atoms with Gasteiger partial charge in [0.1, 0.15) is 6.54 Å². The zero-order valence-corrected chi connectivity index (χ0v) is 15.2. The molecule has 0 aliphatic carbocycles. The van der Waals surface area contributed by atoms with Crippen molar-refractivity contribution in [2.45, 2.75) is 50.0 Å². The number of pyridine rings is 1. The van der Waals surface area contributed by atoms with E-state index in [0.29, 0.717) is 26.2 Å². The van der Waals surface area contributed by atoms with Crippen LogP contribution >= 0.6 is 0 Å². The lowest BCUT2D eigenvalue weighted by molar-refractivity contribution is -0.130. The average Bonchev–Trinajstić information content (AvgIpc) is 2.98. The Morgan fingerprint density at radius 1 is 0.920 bits per heavy atom. The van der Waals surface area contributed by atoms with E-state index in [1.165, 1.54) is 27.2 Å². The van der Waals surface area contributed by atoms with Gasteiger partial charge in [0, 0.05) is 38.4 Å². The topological polar surface area (TPSA) is 79.7 Å². The predicted molar refractivity (Wildman–Crippen MR) is 93.7 cm³/mol. The molecule has 1 amide bonds. The van der Waals surface area contributed by atoms with Crippen molar-refractivity contribution in [3.63, 3.8) is 0 Å². The van der Waals surface area contributed by atoms with Crippen molar-refractivity contribution in [1.82, 2.24) is 13.8 Å².